The van der Waals surface area contributed by atoms with Gasteiger partial charge in [0.1, 0.15) is 0 Å². The number of rotatable bonds is 5. The minimum absolute atomic E-state index is 0.0699. The highest BCUT2D eigenvalue weighted by molar-refractivity contribution is 7.99. The lowest BCUT2D eigenvalue weighted by molar-refractivity contribution is -0.113. The molecule has 0 radical (unpaired) electrons. The number of aromatic nitrogens is 2. The Kier molecular flexibility index (Phi) is 5.87. The second-order valence-corrected chi connectivity index (χ2v) is 10.1. The number of hydrogen-bond acceptors (Lipinski definition) is 4. The molecule has 2 aliphatic rings. The van der Waals surface area contributed by atoms with Crippen molar-refractivity contribution < 1.29 is 4.79 Å². The Labute approximate surface area is 198 Å². The molecular formula is C27H29N3O2S. The molecule has 1 saturated carbocycles. The van der Waals surface area contributed by atoms with Gasteiger partial charge >= 0.3 is 0 Å². The Morgan fingerprint density at radius 2 is 1.94 bits per heavy atom. The molecule has 1 amide bonds. The normalized spacial score (nSPS) is 15.8. The van der Waals surface area contributed by atoms with Gasteiger partial charge in [0.15, 0.2) is 5.16 Å². The number of thioether (sulfide) groups is 1. The fourth-order valence-corrected chi connectivity index (χ4v) is 6.34. The van der Waals surface area contributed by atoms with Crippen LogP contribution in [0.5, 0.6) is 0 Å². The summed E-state index contributed by atoms with van der Waals surface area (Å²) >= 11 is 1.34. The summed E-state index contributed by atoms with van der Waals surface area (Å²) in [6.45, 7) is 4.51. The van der Waals surface area contributed by atoms with E-state index < -0.39 is 0 Å². The average molecular weight is 460 g/mol. The number of carbonyl (C=O) groups is 1. The van der Waals surface area contributed by atoms with E-state index >= 15 is 0 Å². The number of aryl methyl sites for hydroxylation is 1. The molecule has 170 valence electrons. The van der Waals surface area contributed by atoms with Crippen molar-refractivity contribution in [3.63, 3.8) is 0 Å². The molecule has 0 saturated heterocycles. The van der Waals surface area contributed by atoms with Gasteiger partial charge in [0.2, 0.25) is 5.91 Å². The van der Waals surface area contributed by atoms with Crippen LogP contribution in [0.15, 0.2) is 58.5 Å². The summed E-state index contributed by atoms with van der Waals surface area (Å²) in [5.41, 5.74) is 5.92. The van der Waals surface area contributed by atoms with Crippen molar-refractivity contribution in [3.05, 3.63) is 75.6 Å². The molecular weight excluding hydrogens is 430 g/mol. The van der Waals surface area contributed by atoms with Gasteiger partial charge in [0, 0.05) is 23.2 Å². The van der Waals surface area contributed by atoms with Gasteiger partial charge in [-0.3, -0.25) is 14.2 Å². The van der Waals surface area contributed by atoms with Gasteiger partial charge in [-0.05, 0) is 56.4 Å². The third-order valence-electron chi connectivity index (χ3n) is 6.98. The number of nitrogens with one attached hydrogen (secondary N) is 1. The predicted molar refractivity (Wildman–Crippen MR) is 134 cm³/mol. The molecule has 0 unspecified atom stereocenters. The summed E-state index contributed by atoms with van der Waals surface area (Å²) < 4.78 is 1.76. The van der Waals surface area contributed by atoms with Crippen molar-refractivity contribution in [2.45, 2.75) is 63.1 Å². The van der Waals surface area contributed by atoms with E-state index in [-0.39, 0.29) is 22.6 Å². The average Bonchev–Trinajstić information content (AvgIpc) is 3.26. The summed E-state index contributed by atoms with van der Waals surface area (Å²) in [6.07, 6.45) is 5.31. The summed E-state index contributed by atoms with van der Waals surface area (Å²) in [7, 11) is 0. The molecule has 0 aliphatic heterocycles. The standard InChI is InChI=1S/C27H29N3O2S/c1-3-30-25(32)23-24(21-12-5-4-10-19(21)16-27(23)13-6-7-14-27)29-26(30)33-17-22(31)28-20-11-8-9-18(2)15-20/h4-5,8-12,15H,3,6-7,13-14,16-17H2,1-2H3,(H,28,31). The number of hydrogen-bond donors (Lipinski definition) is 1. The smallest absolute Gasteiger partial charge is 0.258 e. The molecule has 2 aliphatic carbocycles. The van der Waals surface area contributed by atoms with Crippen LogP contribution in [0.25, 0.3) is 11.3 Å². The van der Waals surface area contributed by atoms with Crippen LogP contribution < -0.4 is 10.9 Å². The minimum atomic E-state index is -0.104. The summed E-state index contributed by atoms with van der Waals surface area (Å²) in [5, 5.41) is 3.56. The van der Waals surface area contributed by atoms with Crippen LogP contribution in [-0.4, -0.2) is 21.2 Å². The van der Waals surface area contributed by atoms with E-state index in [4.69, 9.17) is 4.98 Å². The highest BCUT2D eigenvalue weighted by atomic mass is 32.2. The molecule has 5 rings (SSSR count). The maximum atomic E-state index is 13.8. The zero-order chi connectivity index (χ0) is 23.0. The second-order valence-electron chi connectivity index (χ2n) is 9.20. The van der Waals surface area contributed by atoms with E-state index in [1.54, 1.807) is 4.57 Å². The Bertz CT molecular complexity index is 1270. The zero-order valence-corrected chi connectivity index (χ0v) is 20.0. The van der Waals surface area contributed by atoms with Crippen molar-refractivity contribution in [1.82, 2.24) is 9.55 Å². The molecule has 1 spiro atoms. The summed E-state index contributed by atoms with van der Waals surface area (Å²) in [5.74, 6) is 0.0965. The molecule has 3 aromatic rings. The van der Waals surface area contributed by atoms with Gasteiger partial charge in [-0.15, -0.1) is 0 Å². The van der Waals surface area contributed by atoms with E-state index in [1.165, 1.54) is 17.3 Å². The molecule has 33 heavy (non-hydrogen) atoms. The number of anilines is 1. The molecule has 6 heteroatoms. The Morgan fingerprint density at radius 1 is 1.15 bits per heavy atom. The Morgan fingerprint density at radius 3 is 2.70 bits per heavy atom. The van der Waals surface area contributed by atoms with Crippen molar-refractivity contribution in [3.8, 4) is 11.3 Å². The van der Waals surface area contributed by atoms with Crippen LogP contribution in [0.4, 0.5) is 5.69 Å². The zero-order valence-electron chi connectivity index (χ0n) is 19.2. The van der Waals surface area contributed by atoms with Gasteiger partial charge in [-0.25, -0.2) is 4.98 Å². The van der Waals surface area contributed by atoms with Crippen LogP contribution >= 0.6 is 11.8 Å². The van der Waals surface area contributed by atoms with Gasteiger partial charge in [-0.2, -0.15) is 0 Å². The number of amides is 1. The van der Waals surface area contributed by atoms with Crippen LogP contribution in [0.2, 0.25) is 0 Å². The van der Waals surface area contributed by atoms with Crippen LogP contribution in [0.1, 0.15) is 49.3 Å². The Balaban J connectivity index is 1.50. The monoisotopic (exact) mass is 459 g/mol. The van der Waals surface area contributed by atoms with E-state index in [2.05, 4.69) is 23.5 Å². The molecule has 1 fully saturated rings. The third-order valence-corrected chi connectivity index (χ3v) is 7.95. The minimum Gasteiger partial charge on any atom is -0.325 e. The molecule has 5 nitrogen and oxygen atoms in total. The lowest BCUT2D eigenvalue weighted by Gasteiger charge is -2.36. The highest BCUT2D eigenvalue weighted by Crippen LogP contribution is 2.49. The van der Waals surface area contributed by atoms with Crippen LogP contribution in [-0.2, 0) is 23.2 Å². The first-order chi connectivity index (χ1) is 16.0. The van der Waals surface area contributed by atoms with E-state index in [9.17, 15) is 9.59 Å². The maximum absolute atomic E-state index is 13.8. The predicted octanol–water partition coefficient (Wildman–Crippen LogP) is 5.34. The first-order valence-corrected chi connectivity index (χ1v) is 12.7. The quantitative estimate of drug-likeness (QED) is 0.413. The molecule has 0 atom stereocenters. The van der Waals surface area contributed by atoms with Gasteiger partial charge < -0.3 is 5.32 Å². The number of fused-ring (bicyclic) bond motifs is 4. The number of nitrogens with zero attached hydrogens (tertiary/aromatic N) is 2. The lowest BCUT2D eigenvalue weighted by Crippen LogP contribution is -2.40. The first kappa shape index (κ1) is 22.0. The summed E-state index contributed by atoms with van der Waals surface area (Å²) in [4.78, 5) is 31.5. The van der Waals surface area contributed by atoms with Crippen molar-refractivity contribution in [2.75, 3.05) is 11.1 Å². The Hall–Kier alpha value is -2.86. The molecule has 2 aromatic carbocycles. The fraction of sp³-hybridized carbons (Fsp3) is 0.370. The third kappa shape index (κ3) is 4.01. The maximum Gasteiger partial charge on any atom is 0.258 e. The van der Waals surface area contributed by atoms with E-state index in [0.717, 1.165) is 60.2 Å². The van der Waals surface area contributed by atoms with Gasteiger partial charge in [-0.1, -0.05) is 61.0 Å². The van der Waals surface area contributed by atoms with E-state index in [0.29, 0.717) is 11.7 Å². The summed E-state index contributed by atoms with van der Waals surface area (Å²) in [6, 6.07) is 16.1. The second kappa shape index (κ2) is 8.82. The van der Waals surface area contributed by atoms with Crippen molar-refractivity contribution in [2.24, 2.45) is 0 Å². The molecule has 1 heterocycles. The van der Waals surface area contributed by atoms with Gasteiger partial charge in [0.25, 0.3) is 5.56 Å². The van der Waals surface area contributed by atoms with Crippen molar-refractivity contribution in [1.29, 1.82) is 0 Å². The van der Waals surface area contributed by atoms with E-state index in [1.807, 2.05) is 44.2 Å². The number of benzene rings is 2. The van der Waals surface area contributed by atoms with Crippen LogP contribution in [0.3, 0.4) is 0 Å². The molecule has 1 N–H and O–H groups in total. The lowest BCUT2D eigenvalue weighted by atomic mass is 9.68. The SMILES string of the molecule is CCn1c(SCC(=O)Nc2cccc(C)c2)nc2c(c1=O)C1(CCCC1)Cc1ccccc1-2. The molecule has 1 aromatic heterocycles. The first-order valence-electron chi connectivity index (χ1n) is 11.7. The highest BCUT2D eigenvalue weighted by Gasteiger charge is 2.44. The largest absolute Gasteiger partial charge is 0.325 e. The topological polar surface area (TPSA) is 64.0 Å². The molecule has 0 bridgehead atoms. The van der Waals surface area contributed by atoms with Crippen molar-refractivity contribution >= 4 is 23.4 Å². The number of carbonyl (C=O) groups excluding carboxylic acids is 1. The fourth-order valence-electron chi connectivity index (χ4n) is 5.48. The van der Waals surface area contributed by atoms with Crippen LogP contribution in [0, 0.1) is 6.92 Å². The van der Waals surface area contributed by atoms with Gasteiger partial charge in [0.05, 0.1) is 17.0 Å².